The summed E-state index contributed by atoms with van der Waals surface area (Å²) in [5.41, 5.74) is 24.8. The first-order chi connectivity index (χ1) is 36.6. The molecule has 3 aliphatic heterocycles. The number of fused-ring (bicyclic) bond motifs is 5. The summed E-state index contributed by atoms with van der Waals surface area (Å²) in [6.45, 7) is 5.05. The Hall–Kier alpha value is -7.50. The van der Waals surface area contributed by atoms with Gasteiger partial charge in [0.2, 0.25) is 10.6 Å². The molecule has 406 valence electrons. The van der Waals surface area contributed by atoms with Crippen molar-refractivity contribution in [2.45, 2.75) is 47.3 Å². The highest BCUT2D eigenvalue weighted by Gasteiger charge is 2.12. The molecular weight excluding hydrogens is 1190 g/mol. The Morgan fingerprint density at radius 2 is 1.46 bits per heavy atom. The summed E-state index contributed by atoms with van der Waals surface area (Å²) in [5, 5.41) is 26.4. The normalized spacial score (nSPS) is 13.4. The summed E-state index contributed by atoms with van der Waals surface area (Å²) < 4.78 is 9.55. The number of carboxylic acids is 2. The van der Waals surface area contributed by atoms with Crippen molar-refractivity contribution in [3.05, 3.63) is 192 Å². The van der Waals surface area contributed by atoms with Gasteiger partial charge in [-0.1, -0.05) is 77.1 Å². The maximum atomic E-state index is 10.7. The van der Waals surface area contributed by atoms with Crippen LogP contribution in [0.1, 0.15) is 70.6 Å². The van der Waals surface area contributed by atoms with Crippen molar-refractivity contribution < 1.29 is 24.5 Å². The lowest BCUT2D eigenvalue weighted by Gasteiger charge is -2.08. The number of nitrogens with one attached hydrogen (secondary N) is 3. The number of halogens is 4. The van der Waals surface area contributed by atoms with Gasteiger partial charge in [-0.15, -0.1) is 11.3 Å². The molecule has 0 bridgehead atoms. The van der Waals surface area contributed by atoms with Gasteiger partial charge in [-0.3, -0.25) is 14.4 Å². The van der Waals surface area contributed by atoms with Crippen molar-refractivity contribution in [1.82, 2.24) is 29.3 Å². The van der Waals surface area contributed by atoms with Crippen LogP contribution in [0.2, 0.25) is 10.6 Å². The summed E-state index contributed by atoms with van der Waals surface area (Å²) in [6, 6.07) is 30.8. The van der Waals surface area contributed by atoms with Gasteiger partial charge in [0.25, 0.3) is 0 Å². The number of aromatic amines is 1. The van der Waals surface area contributed by atoms with Gasteiger partial charge in [0.1, 0.15) is 27.9 Å². The summed E-state index contributed by atoms with van der Waals surface area (Å²) in [6.07, 6.45) is 14.8. The van der Waals surface area contributed by atoms with Crippen molar-refractivity contribution in [2.75, 3.05) is 23.8 Å². The smallest absolute Gasteiger partial charge is 0.352 e. The van der Waals surface area contributed by atoms with Crippen molar-refractivity contribution in [1.29, 1.82) is 0 Å². The van der Waals surface area contributed by atoms with E-state index in [1.165, 1.54) is 28.7 Å². The molecule has 4 aromatic carbocycles. The molecule has 1 atom stereocenters. The molecule has 3 aliphatic rings. The first-order valence-electron chi connectivity index (χ1n) is 23.0. The Bertz CT molecular complexity index is 3530. The molecule has 23 heteroatoms. The second kappa shape index (κ2) is 29.9. The molecule has 1 unspecified atom stereocenters. The predicted octanol–water partition coefficient (Wildman–Crippen LogP) is 13.2. The lowest BCUT2D eigenvalue weighted by Crippen LogP contribution is -2.18. The number of H-pyrrole nitrogens is 1. The van der Waals surface area contributed by atoms with Crippen LogP contribution in [0.25, 0.3) is 26.6 Å². The van der Waals surface area contributed by atoms with Gasteiger partial charge >= 0.3 is 11.9 Å². The molecule has 0 amide bonds. The number of benzene rings is 4. The highest BCUT2D eigenvalue weighted by atomic mass is 79.9. The van der Waals surface area contributed by atoms with Crippen LogP contribution in [-0.4, -0.2) is 83.2 Å². The standard InChI is InChI=1S/C14H10ClN5.C12H9ClN4.C9H6BrNO2.C9H5BrO2S.C5H10N2.C4H9NO.2CH4/c15-14-19-12(6-13-17-3-4-20(13)14)18-11-2-1-9-7-16-8-10(9)5-11;13-12-15-4-3-11(17-12)16-10-2-1-8-6-14-7-9(8)5-10;10-6-2-1-5-3-8(9(12)13)11-7(5)4-6;10-6-2-1-5-3-8(9(11)12)13-7(5)4-6;1-2-3-5(7)4-6;5-4-1-2-6-3-4;;/h1-6,8,18H,7H2;1-5,7H,6H2,(H,15,16,17);1-4,11H,(H,12,13);1-4H,(H,11,12);2-4H,6-7H2,1H3;4H,1-3,5H2;2*1H4/b;;;;3-2-,5-4+;;;. The average Bonchev–Trinajstić information content (AvgIpc) is 4.27. The quantitative estimate of drug-likeness (QED) is 0.0544. The van der Waals surface area contributed by atoms with Gasteiger partial charge in [-0.2, -0.15) is 0 Å². The van der Waals surface area contributed by atoms with Crippen molar-refractivity contribution in [2.24, 2.45) is 27.2 Å². The number of nitrogens with zero attached hydrogens (tertiary/aromatic N) is 7. The highest BCUT2D eigenvalue weighted by Crippen LogP contribution is 2.29. The lowest BCUT2D eigenvalue weighted by molar-refractivity contribution is 0.0685. The molecular formula is C55H57Br2Cl2N13O5S. The topological polar surface area (TPSA) is 282 Å². The Kier molecular flexibility index (Phi) is 23.5. The number of allylic oxidation sites excluding steroid dienone is 2. The first-order valence-corrected chi connectivity index (χ1v) is 26.2. The predicted molar refractivity (Wildman–Crippen MR) is 325 cm³/mol. The Morgan fingerprint density at radius 3 is 2.03 bits per heavy atom. The van der Waals surface area contributed by atoms with E-state index in [1.807, 2.05) is 86.1 Å². The van der Waals surface area contributed by atoms with E-state index in [-0.39, 0.29) is 25.8 Å². The Morgan fingerprint density at radius 1 is 0.808 bits per heavy atom. The number of thiophene rings is 1. The maximum Gasteiger partial charge on any atom is 0.352 e. The van der Waals surface area contributed by atoms with E-state index < -0.39 is 11.9 Å². The van der Waals surface area contributed by atoms with E-state index >= 15 is 0 Å². The minimum absolute atomic E-state index is 0. The number of carbonyl (C=O) groups is 2. The average molecular weight is 1240 g/mol. The third-order valence-electron chi connectivity index (χ3n) is 10.8. The van der Waals surface area contributed by atoms with Gasteiger partial charge in [0.15, 0.2) is 0 Å². The second-order valence-corrected chi connectivity index (χ2v) is 20.0. The summed E-state index contributed by atoms with van der Waals surface area (Å²) in [7, 11) is 0. The number of aromatic carboxylic acids is 2. The van der Waals surface area contributed by atoms with Crippen LogP contribution < -0.4 is 27.8 Å². The number of anilines is 4. The van der Waals surface area contributed by atoms with Gasteiger partial charge in [-0.05, 0) is 137 Å². The molecule has 78 heavy (non-hydrogen) atoms. The minimum Gasteiger partial charge on any atom is -0.477 e. The number of hydrogen-bond donors (Lipinski definition) is 8. The molecule has 18 nitrogen and oxygen atoms in total. The fraction of sp³-hybridized carbons (Fsp3) is 0.164. The fourth-order valence-corrected chi connectivity index (χ4v) is 9.33. The number of aliphatic imine (C=N–C) groups is 2. The SMILES string of the molecule is C.C.C/C=C\C(N)=C/N.Clc1nc(Nc2ccc3c(c2)C=NC3)cc2nccn12.Clc1nccc(Nc2ccc3c(c2)C=NC3)n1.NC1CCOC1.O=C(O)c1cc2ccc(Br)cc2[nH]1.O=C(O)c1cc2ccc(Br)cc2s1. The maximum absolute atomic E-state index is 10.7. The summed E-state index contributed by atoms with van der Waals surface area (Å²) in [5.74, 6) is -0.451. The number of rotatable bonds is 7. The Labute approximate surface area is 481 Å². The van der Waals surface area contributed by atoms with Crippen molar-refractivity contribution in [3.8, 4) is 0 Å². The molecule has 11 N–H and O–H groups in total. The number of carboxylic acid groups (broad SMARTS) is 2. The van der Waals surface area contributed by atoms with E-state index in [4.69, 9.17) is 55.4 Å². The van der Waals surface area contributed by atoms with E-state index in [1.54, 1.807) is 47.3 Å². The third-order valence-corrected chi connectivity index (χ3v) is 13.3. The molecule has 8 heterocycles. The van der Waals surface area contributed by atoms with E-state index in [2.05, 4.69) is 95.6 Å². The molecule has 0 saturated carbocycles. The lowest BCUT2D eigenvalue weighted by atomic mass is 10.1. The molecule has 1 saturated heterocycles. The molecule has 0 aliphatic carbocycles. The number of nitrogens with two attached hydrogens (primary N) is 3. The number of imidazole rings is 1. The molecule has 5 aromatic heterocycles. The van der Waals surface area contributed by atoms with Crippen LogP contribution in [0.4, 0.5) is 23.0 Å². The van der Waals surface area contributed by atoms with Crippen molar-refractivity contribution in [3.63, 3.8) is 0 Å². The minimum atomic E-state index is -0.938. The van der Waals surface area contributed by atoms with Crippen molar-refractivity contribution >= 4 is 140 Å². The van der Waals surface area contributed by atoms with Gasteiger partial charge in [0, 0.05) is 97.6 Å². The van der Waals surface area contributed by atoms with Crippen LogP contribution in [-0.2, 0) is 17.8 Å². The van der Waals surface area contributed by atoms with Crippen LogP contribution in [0.3, 0.4) is 0 Å². The summed E-state index contributed by atoms with van der Waals surface area (Å²) >= 11 is 19.8. The van der Waals surface area contributed by atoms with E-state index in [9.17, 15) is 9.59 Å². The third kappa shape index (κ3) is 17.8. The van der Waals surface area contributed by atoms with Crippen LogP contribution in [0.5, 0.6) is 0 Å². The van der Waals surface area contributed by atoms with Crippen LogP contribution in [0.15, 0.2) is 159 Å². The van der Waals surface area contributed by atoms with Gasteiger partial charge in [0.05, 0.1) is 19.7 Å². The second-order valence-electron chi connectivity index (χ2n) is 16.4. The number of hydrogen-bond acceptors (Lipinski definition) is 15. The monoisotopic (exact) mass is 1240 g/mol. The molecule has 0 spiro atoms. The molecule has 1 fully saturated rings. The van der Waals surface area contributed by atoms with Gasteiger partial charge < -0.3 is 47.8 Å². The largest absolute Gasteiger partial charge is 0.477 e. The fourth-order valence-electron chi connectivity index (χ4n) is 7.13. The molecule has 9 aromatic rings. The number of ether oxygens (including phenoxy) is 1. The first kappa shape index (κ1) is 61.4. The van der Waals surface area contributed by atoms with Crippen LogP contribution >= 0.6 is 66.4 Å². The summed E-state index contributed by atoms with van der Waals surface area (Å²) in [4.78, 5) is 49.3. The van der Waals surface area contributed by atoms with Crippen LogP contribution in [0, 0.1) is 0 Å². The zero-order chi connectivity index (χ0) is 54.1. The molecule has 12 rings (SSSR count). The molecule has 0 radical (unpaired) electrons. The zero-order valence-electron chi connectivity index (χ0n) is 40.4. The highest BCUT2D eigenvalue weighted by molar-refractivity contribution is 9.10. The number of aromatic nitrogens is 6. The zero-order valence-corrected chi connectivity index (χ0v) is 45.9. The van der Waals surface area contributed by atoms with E-state index in [0.717, 1.165) is 90.8 Å². The van der Waals surface area contributed by atoms with E-state index in [0.29, 0.717) is 33.5 Å². The van der Waals surface area contributed by atoms with Gasteiger partial charge in [-0.25, -0.2) is 29.5 Å². The Balaban J connectivity index is 0.000000179.